The number of nitrogens with zero attached hydrogens (tertiary/aromatic N) is 2. The number of likely N-dealkylation sites (tertiary alicyclic amines) is 1. The number of phenolic OH excluding ortho intramolecular Hbond substituents is 1. The van der Waals surface area contributed by atoms with Crippen LogP contribution in [0.5, 0.6) is 11.5 Å². The van der Waals surface area contributed by atoms with E-state index in [1.54, 1.807) is 18.0 Å². The number of hydrogen-bond acceptors (Lipinski definition) is 5. The smallest absolute Gasteiger partial charge is 0.298 e. The number of aliphatic hydroxyl groups is 1. The Morgan fingerprint density at radius 3 is 2.84 bits per heavy atom. The second-order valence-corrected chi connectivity index (χ2v) is 11.2. The first-order chi connectivity index (χ1) is 17.7. The molecule has 4 aliphatic rings. The van der Waals surface area contributed by atoms with Crippen molar-refractivity contribution in [2.24, 2.45) is 0 Å². The van der Waals surface area contributed by atoms with Crippen LogP contribution >= 0.6 is 0 Å². The van der Waals surface area contributed by atoms with Crippen molar-refractivity contribution in [3.05, 3.63) is 70.8 Å². The number of aryl methyl sites for hydroxylation is 2. The zero-order chi connectivity index (χ0) is 26.1. The number of carbonyl (C=O) groups excluding carboxylic acids is 1. The van der Waals surface area contributed by atoms with Crippen LogP contribution in [0.4, 0.5) is 0 Å². The summed E-state index contributed by atoms with van der Waals surface area (Å²) in [6.07, 6.45) is 4.24. The van der Waals surface area contributed by atoms with Gasteiger partial charge in [-0.3, -0.25) is 9.69 Å². The molecule has 6 rings (SSSR count). The van der Waals surface area contributed by atoms with E-state index < -0.39 is 17.1 Å². The number of amides is 1. The van der Waals surface area contributed by atoms with E-state index >= 15 is 0 Å². The minimum absolute atomic E-state index is 0.122. The van der Waals surface area contributed by atoms with Crippen LogP contribution in [0.25, 0.3) is 0 Å². The SMILES string of the molecule is C=CCN1CC[C@]23c4c5ccc(O)c4O[C@H]2CC[C@H](N(C)C(=O)C#Cc2ccc(C)c(C)c2)[C@@]3(O)[C@H]1C5. The van der Waals surface area contributed by atoms with Crippen LogP contribution in [0.2, 0.25) is 0 Å². The molecule has 192 valence electrons. The molecule has 1 saturated heterocycles. The van der Waals surface area contributed by atoms with Gasteiger partial charge in [0.05, 0.1) is 11.5 Å². The van der Waals surface area contributed by atoms with Crippen LogP contribution in [0.15, 0.2) is 43.0 Å². The standard InChI is InChI=1S/C31H34N2O4/c1-5-15-33-16-14-30-26-12-11-24(32(4)27(35)13-8-21-7-6-19(2)20(3)17-21)31(30,36)25(33)18-22-9-10-23(34)29(37-26)28(22)30/h5-7,9-10,17,24-26,34,36H,1,11-12,14-16,18H2,2-4H3/t24-,25+,26-,30+,31+/m0/s1. The summed E-state index contributed by atoms with van der Waals surface area (Å²) in [6, 6.07) is 8.97. The molecule has 0 unspecified atom stereocenters. The van der Waals surface area contributed by atoms with Gasteiger partial charge < -0.3 is 19.8 Å². The number of phenols is 1. The quantitative estimate of drug-likeness (QED) is 0.502. The van der Waals surface area contributed by atoms with E-state index in [0.717, 1.165) is 28.8 Å². The molecule has 2 N–H and O–H groups in total. The lowest BCUT2D eigenvalue weighted by molar-refractivity contribution is -0.215. The van der Waals surface area contributed by atoms with Crippen LogP contribution in [0.3, 0.4) is 0 Å². The number of piperidine rings is 1. The molecule has 2 fully saturated rings. The number of carbonyl (C=O) groups is 1. The number of aromatic hydroxyl groups is 1. The van der Waals surface area contributed by atoms with Gasteiger partial charge in [-0.05, 0) is 81.0 Å². The van der Waals surface area contributed by atoms with Gasteiger partial charge in [-0.25, -0.2) is 0 Å². The van der Waals surface area contributed by atoms with Gasteiger partial charge in [0.2, 0.25) is 0 Å². The van der Waals surface area contributed by atoms with Crippen molar-refractivity contribution in [3.8, 4) is 23.3 Å². The number of benzene rings is 2. The lowest BCUT2D eigenvalue weighted by Crippen LogP contribution is -2.81. The second kappa shape index (κ2) is 8.37. The van der Waals surface area contributed by atoms with Gasteiger partial charge >= 0.3 is 0 Å². The third kappa shape index (κ3) is 3.17. The fourth-order valence-corrected chi connectivity index (χ4v) is 7.69. The monoisotopic (exact) mass is 498 g/mol. The Hall–Kier alpha value is -3.27. The molecule has 6 nitrogen and oxygen atoms in total. The zero-order valence-corrected chi connectivity index (χ0v) is 21.8. The van der Waals surface area contributed by atoms with E-state index in [-0.39, 0.29) is 23.8 Å². The Morgan fingerprint density at radius 2 is 2.08 bits per heavy atom. The predicted octanol–water partition coefficient (Wildman–Crippen LogP) is 3.23. The highest BCUT2D eigenvalue weighted by Gasteiger charge is 2.74. The molecule has 37 heavy (non-hydrogen) atoms. The molecule has 1 spiro atoms. The molecule has 2 aliphatic heterocycles. The van der Waals surface area contributed by atoms with Crippen LogP contribution in [0, 0.1) is 25.7 Å². The van der Waals surface area contributed by atoms with Gasteiger partial charge in [0, 0.05) is 36.7 Å². The summed E-state index contributed by atoms with van der Waals surface area (Å²) >= 11 is 0. The summed E-state index contributed by atoms with van der Waals surface area (Å²) in [5, 5.41) is 23.6. The maximum absolute atomic E-state index is 13.4. The van der Waals surface area contributed by atoms with E-state index in [1.165, 1.54) is 5.56 Å². The largest absolute Gasteiger partial charge is 0.504 e. The maximum Gasteiger partial charge on any atom is 0.298 e. The number of rotatable bonds is 3. The summed E-state index contributed by atoms with van der Waals surface area (Å²) in [7, 11) is 1.76. The topological polar surface area (TPSA) is 73.2 Å². The molecule has 2 aromatic rings. The highest BCUT2D eigenvalue weighted by molar-refractivity contribution is 5.94. The summed E-state index contributed by atoms with van der Waals surface area (Å²) < 4.78 is 6.40. The molecule has 2 heterocycles. The van der Waals surface area contributed by atoms with Gasteiger partial charge in [-0.15, -0.1) is 6.58 Å². The second-order valence-electron chi connectivity index (χ2n) is 11.2. The fourth-order valence-electron chi connectivity index (χ4n) is 7.69. The predicted molar refractivity (Wildman–Crippen MR) is 142 cm³/mol. The van der Waals surface area contributed by atoms with Crippen molar-refractivity contribution >= 4 is 5.91 Å². The molecular weight excluding hydrogens is 464 g/mol. The summed E-state index contributed by atoms with van der Waals surface area (Å²) in [5.74, 6) is 6.20. The lowest BCUT2D eigenvalue weighted by atomic mass is 9.47. The first kappa shape index (κ1) is 24.1. The van der Waals surface area contributed by atoms with Crippen molar-refractivity contribution in [2.45, 2.75) is 68.7 Å². The molecule has 0 radical (unpaired) electrons. The zero-order valence-electron chi connectivity index (χ0n) is 21.8. The Balaban J connectivity index is 1.42. The molecule has 1 saturated carbocycles. The highest BCUT2D eigenvalue weighted by Crippen LogP contribution is 2.65. The third-order valence-electron chi connectivity index (χ3n) is 9.53. The minimum atomic E-state index is -1.25. The Morgan fingerprint density at radius 1 is 1.27 bits per heavy atom. The van der Waals surface area contributed by atoms with Gasteiger partial charge in [0.1, 0.15) is 11.7 Å². The maximum atomic E-state index is 13.4. The van der Waals surface area contributed by atoms with E-state index in [9.17, 15) is 15.0 Å². The average Bonchev–Trinajstić information content (AvgIpc) is 3.22. The first-order valence-corrected chi connectivity index (χ1v) is 13.2. The van der Waals surface area contributed by atoms with Crippen LogP contribution < -0.4 is 4.74 Å². The van der Waals surface area contributed by atoms with Crippen molar-refractivity contribution in [1.82, 2.24) is 9.80 Å². The molecule has 2 aromatic carbocycles. The van der Waals surface area contributed by atoms with E-state index in [0.29, 0.717) is 38.0 Å². The van der Waals surface area contributed by atoms with E-state index in [4.69, 9.17) is 4.74 Å². The fraction of sp³-hybridized carbons (Fsp3) is 0.452. The van der Waals surface area contributed by atoms with Gasteiger partial charge in [-0.2, -0.15) is 0 Å². The van der Waals surface area contributed by atoms with Gasteiger partial charge in [0.15, 0.2) is 11.5 Å². The van der Waals surface area contributed by atoms with Crippen molar-refractivity contribution in [3.63, 3.8) is 0 Å². The molecule has 2 aliphatic carbocycles. The molecular formula is C31H34N2O4. The van der Waals surface area contributed by atoms with Crippen molar-refractivity contribution in [2.75, 3.05) is 20.1 Å². The molecule has 2 bridgehead atoms. The molecule has 0 aromatic heterocycles. The van der Waals surface area contributed by atoms with Crippen LogP contribution in [0.1, 0.15) is 47.1 Å². The molecule has 1 amide bonds. The number of ether oxygens (including phenoxy) is 1. The van der Waals surface area contributed by atoms with Crippen LogP contribution in [-0.4, -0.2) is 69.8 Å². The minimum Gasteiger partial charge on any atom is -0.504 e. The number of likely N-dealkylation sites (N-methyl/N-ethyl adjacent to an activating group) is 1. The summed E-state index contributed by atoms with van der Waals surface area (Å²) in [5.41, 5.74) is 3.24. The average molecular weight is 499 g/mol. The first-order valence-electron chi connectivity index (χ1n) is 13.2. The van der Waals surface area contributed by atoms with Gasteiger partial charge in [-0.1, -0.05) is 24.1 Å². The normalized spacial score (nSPS) is 31.0. The van der Waals surface area contributed by atoms with Gasteiger partial charge in [0.25, 0.3) is 5.91 Å². The lowest BCUT2D eigenvalue weighted by Gasteiger charge is -2.66. The Labute approximate surface area is 218 Å². The third-order valence-corrected chi connectivity index (χ3v) is 9.53. The summed E-state index contributed by atoms with van der Waals surface area (Å²) in [6.45, 7) is 9.49. The Kier molecular flexibility index (Phi) is 5.45. The highest BCUT2D eigenvalue weighted by atomic mass is 16.5. The van der Waals surface area contributed by atoms with Crippen molar-refractivity contribution < 1.29 is 19.7 Å². The molecule has 6 heteroatoms. The van der Waals surface area contributed by atoms with E-state index in [1.807, 2.05) is 37.3 Å². The summed E-state index contributed by atoms with van der Waals surface area (Å²) in [4.78, 5) is 17.4. The Bertz CT molecular complexity index is 1370. The van der Waals surface area contributed by atoms with E-state index in [2.05, 4.69) is 30.2 Å². The van der Waals surface area contributed by atoms with Crippen molar-refractivity contribution in [1.29, 1.82) is 0 Å². The number of hydrogen-bond donors (Lipinski definition) is 2. The van der Waals surface area contributed by atoms with Crippen LogP contribution in [-0.2, 0) is 16.6 Å². The molecule has 5 atom stereocenters.